The zero-order valence-electron chi connectivity index (χ0n) is 38.2. The summed E-state index contributed by atoms with van der Waals surface area (Å²) in [6.07, 6.45) is 1.49. The fraction of sp³-hybridized carbons (Fsp3) is 0.321. The lowest BCUT2D eigenvalue weighted by atomic mass is 9.86. The Labute approximate surface area is 398 Å². The Kier molecular flexibility index (Phi) is 15.3. The van der Waals surface area contributed by atoms with Crippen LogP contribution in [0.1, 0.15) is 70.0 Å². The number of aromatic nitrogens is 1. The van der Waals surface area contributed by atoms with Crippen molar-refractivity contribution in [2.75, 3.05) is 40.0 Å². The smallest absolute Gasteiger partial charge is 0.347 e. The molecule has 1 aliphatic heterocycles. The summed E-state index contributed by atoms with van der Waals surface area (Å²) in [5.74, 6) is -2.09. The molecule has 0 radical (unpaired) electrons. The topological polar surface area (TPSA) is 212 Å². The second kappa shape index (κ2) is 21.9. The van der Waals surface area contributed by atoms with Crippen LogP contribution in [0.3, 0.4) is 0 Å². The van der Waals surface area contributed by atoms with Crippen molar-refractivity contribution in [3.8, 4) is 17.2 Å². The van der Waals surface area contributed by atoms with Crippen molar-refractivity contribution >= 4 is 28.7 Å². The van der Waals surface area contributed by atoms with Crippen LogP contribution < -0.4 is 31.0 Å². The number of hydrogen-bond donors (Lipinski definition) is 7. The number of methoxy groups -OCH3 is 1. The zero-order chi connectivity index (χ0) is 48.5. The summed E-state index contributed by atoms with van der Waals surface area (Å²) in [5.41, 5.74) is 0.143. The number of amides is 2. The van der Waals surface area contributed by atoms with Crippen molar-refractivity contribution in [2.24, 2.45) is 5.92 Å². The van der Waals surface area contributed by atoms with Crippen molar-refractivity contribution in [2.45, 2.75) is 62.6 Å². The van der Waals surface area contributed by atoms with E-state index in [1.165, 1.54) is 49.1 Å². The number of likely N-dealkylation sites (tertiary alicyclic amines) is 1. The van der Waals surface area contributed by atoms with E-state index in [-0.39, 0.29) is 78.2 Å². The third-order valence-electron chi connectivity index (χ3n) is 12.9. The number of carbonyl (C=O) groups is 3. The molecule has 15 nitrogen and oxygen atoms in total. The van der Waals surface area contributed by atoms with Gasteiger partial charge in [-0.25, -0.2) is 9.18 Å². The quantitative estimate of drug-likeness (QED) is 0.0513. The lowest BCUT2D eigenvalue weighted by Gasteiger charge is -2.36. The summed E-state index contributed by atoms with van der Waals surface area (Å²) >= 11 is 0. The number of piperidine rings is 1. The van der Waals surface area contributed by atoms with Crippen molar-refractivity contribution < 1.29 is 48.3 Å². The van der Waals surface area contributed by atoms with Crippen LogP contribution in [0.25, 0.3) is 10.9 Å². The number of aromatic hydroxyl groups is 1. The largest absolute Gasteiger partial charge is 0.506 e. The molecule has 2 fully saturated rings. The second-order valence-electron chi connectivity index (χ2n) is 17.7. The number of carbonyl (C=O) groups excluding carboxylic acids is 3. The maximum atomic E-state index is 15.4. The lowest BCUT2D eigenvalue weighted by Crippen LogP contribution is -2.54. The van der Waals surface area contributed by atoms with Crippen molar-refractivity contribution in [3.63, 3.8) is 0 Å². The van der Waals surface area contributed by atoms with E-state index >= 15 is 4.39 Å². The highest BCUT2D eigenvalue weighted by molar-refractivity contribution is 5.95. The first-order valence-electron chi connectivity index (χ1n) is 23.0. The van der Waals surface area contributed by atoms with Crippen LogP contribution in [0.2, 0.25) is 0 Å². The molecule has 0 unspecified atom stereocenters. The summed E-state index contributed by atoms with van der Waals surface area (Å²) < 4.78 is 32.5. The first kappa shape index (κ1) is 48.4. The summed E-state index contributed by atoms with van der Waals surface area (Å²) in [5, 5.41) is 42.5. The molecular formula is C53H56FN5O10. The maximum Gasteiger partial charge on any atom is 0.347 e. The molecule has 8 rings (SSSR count). The van der Waals surface area contributed by atoms with Gasteiger partial charge in [-0.05, 0) is 97.8 Å². The number of aliphatic hydroxyl groups is 2. The maximum absolute atomic E-state index is 15.4. The molecule has 0 spiro atoms. The van der Waals surface area contributed by atoms with Gasteiger partial charge in [0.2, 0.25) is 11.2 Å². The van der Waals surface area contributed by atoms with Crippen LogP contribution in [-0.4, -0.2) is 95.0 Å². The van der Waals surface area contributed by atoms with E-state index < -0.39 is 40.9 Å². The van der Waals surface area contributed by atoms with Crippen molar-refractivity contribution in [1.29, 1.82) is 0 Å². The number of esters is 1. The van der Waals surface area contributed by atoms with Crippen molar-refractivity contribution in [3.05, 3.63) is 171 Å². The number of pyridine rings is 1. The number of rotatable bonds is 19. The van der Waals surface area contributed by atoms with E-state index in [2.05, 4.69) is 38.0 Å². The van der Waals surface area contributed by atoms with Crippen LogP contribution >= 0.6 is 0 Å². The number of fused-ring (bicyclic) bond motifs is 1. The average molecular weight is 942 g/mol. The molecule has 16 heteroatoms. The molecule has 1 saturated heterocycles. The predicted octanol–water partition coefficient (Wildman–Crippen LogP) is 5.35. The van der Waals surface area contributed by atoms with Gasteiger partial charge < -0.3 is 50.5 Å². The first-order chi connectivity index (χ1) is 33.4. The molecule has 69 heavy (non-hydrogen) atoms. The summed E-state index contributed by atoms with van der Waals surface area (Å²) in [4.78, 5) is 56.8. The molecule has 1 aliphatic carbocycles. The van der Waals surface area contributed by atoms with Crippen LogP contribution in [0.15, 0.2) is 126 Å². The number of nitrogens with one attached hydrogen (secondary N) is 4. The van der Waals surface area contributed by atoms with E-state index in [1.54, 1.807) is 54.6 Å². The van der Waals surface area contributed by atoms with Gasteiger partial charge in [0, 0.05) is 54.3 Å². The Morgan fingerprint density at radius 1 is 0.870 bits per heavy atom. The highest BCUT2D eigenvalue weighted by Gasteiger charge is 2.42. The summed E-state index contributed by atoms with van der Waals surface area (Å²) in [6.45, 7) is 2.58. The molecule has 2 aliphatic rings. The minimum absolute atomic E-state index is 0.0402. The standard InChI is InChI=1S/C53H56FN5O10/c1-67-47-27-43(44(54)23-35(47)28-55-29-46(61)41-15-17-45(60)50-42(41)16-18-48(62)58-50)51(64)57-39-25-38(26-39)56-49(63)32-68-40-14-8-13-37(24-40)53(66,36-11-6-3-7-12-36)52(65)69-31-34-19-21-59(22-20-34)30-33-9-4-2-5-10-33/h2-18,23-24,27,34,38-39,46,55,60-61,66H,19-22,25-26,28-32H2,1H3,(H,56,63)(H,57,64)(H,58,62)/t38?,39?,46-,53-/m0/s1. The number of aromatic amines is 1. The molecule has 1 aromatic heterocycles. The highest BCUT2D eigenvalue weighted by Crippen LogP contribution is 2.34. The molecule has 1 saturated carbocycles. The minimum Gasteiger partial charge on any atom is -0.506 e. The first-order valence-corrected chi connectivity index (χ1v) is 23.0. The van der Waals surface area contributed by atoms with E-state index in [4.69, 9.17) is 14.2 Å². The van der Waals surface area contributed by atoms with Crippen LogP contribution in [-0.2, 0) is 33.0 Å². The molecule has 2 amide bonds. The van der Waals surface area contributed by atoms with Gasteiger partial charge >= 0.3 is 5.97 Å². The number of H-pyrrole nitrogens is 1. The molecule has 7 N–H and O–H groups in total. The van der Waals surface area contributed by atoms with Gasteiger partial charge in [-0.1, -0.05) is 78.9 Å². The van der Waals surface area contributed by atoms with Crippen LogP contribution in [0.4, 0.5) is 4.39 Å². The Hall–Kier alpha value is -7.11. The Bertz CT molecular complexity index is 2820. The van der Waals surface area contributed by atoms with Gasteiger partial charge in [-0.2, -0.15) is 0 Å². The summed E-state index contributed by atoms with van der Waals surface area (Å²) in [6, 6.07) is 32.9. The third kappa shape index (κ3) is 11.6. The predicted molar refractivity (Wildman–Crippen MR) is 255 cm³/mol. The number of phenolic OH excluding ortho intramolecular Hbond substituents is 1. The van der Waals surface area contributed by atoms with E-state index in [1.807, 2.05) is 18.2 Å². The number of halogens is 1. The number of ether oxygens (including phenoxy) is 3. The highest BCUT2D eigenvalue weighted by atomic mass is 19.1. The van der Waals surface area contributed by atoms with E-state index in [0.717, 1.165) is 32.5 Å². The Balaban J connectivity index is 0.793. The van der Waals surface area contributed by atoms with Crippen LogP contribution in [0, 0.1) is 11.7 Å². The lowest BCUT2D eigenvalue weighted by molar-refractivity contribution is -0.164. The molecule has 360 valence electrons. The number of phenols is 1. The molecule has 2 heterocycles. The fourth-order valence-electron chi connectivity index (χ4n) is 8.98. The fourth-order valence-corrected chi connectivity index (χ4v) is 8.98. The van der Waals surface area contributed by atoms with Crippen molar-refractivity contribution in [1.82, 2.24) is 25.8 Å². The van der Waals surface area contributed by atoms with Gasteiger partial charge in [0.1, 0.15) is 23.1 Å². The van der Waals surface area contributed by atoms with Gasteiger partial charge in [-0.3, -0.25) is 19.3 Å². The summed E-state index contributed by atoms with van der Waals surface area (Å²) in [7, 11) is 1.40. The zero-order valence-corrected chi connectivity index (χ0v) is 38.2. The molecular weight excluding hydrogens is 886 g/mol. The second-order valence-corrected chi connectivity index (χ2v) is 17.7. The number of nitrogens with zero attached hydrogens (tertiary/aromatic N) is 1. The number of benzene rings is 5. The molecule has 6 aromatic rings. The van der Waals surface area contributed by atoms with Gasteiger partial charge in [0.05, 0.1) is 30.9 Å². The van der Waals surface area contributed by atoms with Crippen LogP contribution in [0.5, 0.6) is 17.2 Å². The number of hydrogen-bond acceptors (Lipinski definition) is 12. The minimum atomic E-state index is -2.14. The average Bonchev–Trinajstić information content (AvgIpc) is 3.35. The Morgan fingerprint density at radius 2 is 1.58 bits per heavy atom. The van der Waals surface area contributed by atoms with E-state index in [0.29, 0.717) is 34.9 Å². The number of aliphatic hydroxyl groups excluding tert-OH is 1. The van der Waals surface area contributed by atoms with E-state index in [9.17, 15) is 34.5 Å². The SMILES string of the molecule is COc1cc(C(=O)NC2CC(NC(=O)COc3cccc([C@](O)(C(=O)OCC4CCN(Cc5ccccc5)CC4)c4ccccc4)c3)C2)c(F)cc1CNC[C@H](O)c1ccc(O)c2[nH]c(=O)ccc12. The van der Waals surface area contributed by atoms with Gasteiger partial charge in [-0.15, -0.1) is 0 Å². The monoisotopic (exact) mass is 941 g/mol. The normalized spacial score (nSPS) is 17.5. The molecule has 5 aromatic carbocycles. The van der Waals surface area contributed by atoms with Gasteiger partial charge in [0.15, 0.2) is 6.61 Å². The van der Waals surface area contributed by atoms with Gasteiger partial charge in [0.25, 0.3) is 11.8 Å². The molecule has 0 bridgehead atoms. The Morgan fingerprint density at radius 3 is 2.32 bits per heavy atom. The third-order valence-corrected chi connectivity index (χ3v) is 12.9. The molecule has 2 atom stereocenters.